The van der Waals surface area contributed by atoms with Gasteiger partial charge in [0.05, 0.1) is 22.9 Å². The monoisotopic (exact) mass is 481 g/mol. The van der Waals surface area contributed by atoms with Gasteiger partial charge in [-0.3, -0.25) is 13.8 Å². The van der Waals surface area contributed by atoms with Gasteiger partial charge in [-0.15, -0.1) is 10.2 Å². The summed E-state index contributed by atoms with van der Waals surface area (Å²) in [6.45, 7) is 1.05. The molecule has 10 heteroatoms. The number of methoxy groups -OCH3 is 1. The van der Waals surface area contributed by atoms with E-state index in [0.29, 0.717) is 58.3 Å². The lowest BCUT2D eigenvalue weighted by Crippen LogP contribution is -2.24. The minimum absolute atomic E-state index is 0.0848. The summed E-state index contributed by atoms with van der Waals surface area (Å²) in [5, 5.41) is 10.6. The molecule has 0 N–H and O–H groups in total. The second kappa shape index (κ2) is 9.38. The minimum atomic E-state index is -0.0848. The van der Waals surface area contributed by atoms with Gasteiger partial charge in [0.2, 0.25) is 11.7 Å². The zero-order valence-electron chi connectivity index (χ0n) is 17.8. The van der Waals surface area contributed by atoms with Crippen molar-refractivity contribution in [3.63, 3.8) is 0 Å². The Hall–Kier alpha value is -3.14. The molecule has 168 valence electrons. The average Bonchev–Trinajstić information content (AvgIpc) is 3.48. The van der Waals surface area contributed by atoms with Crippen LogP contribution in [-0.4, -0.2) is 37.9 Å². The van der Waals surface area contributed by atoms with Crippen LogP contribution in [0.5, 0.6) is 0 Å². The standard InChI is InChI=1S/C23H20ClN5O3S/c1-31-12-4-11-28-21(30)17-5-2-3-6-18(17)29-22(28)26-27-23(29)33-14-20-25-13-19(32-20)15-7-9-16(24)10-8-15/h2-3,5-10,13H,4,11-12,14H2,1H3. The SMILES string of the molecule is COCCCn1c(=O)c2ccccc2n2c(SCc3ncc(-c4ccc(Cl)cc4)o3)nnc12. The third-order valence-corrected chi connectivity index (χ3v) is 6.38. The summed E-state index contributed by atoms with van der Waals surface area (Å²) in [7, 11) is 1.64. The van der Waals surface area contributed by atoms with Gasteiger partial charge in [0.15, 0.2) is 10.9 Å². The van der Waals surface area contributed by atoms with Crippen LogP contribution in [0.4, 0.5) is 0 Å². The fraction of sp³-hybridized carbons (Fsp3) is 0.217. The summed E-state index contributed by atoms with van der Waals surface area (Å²) in [5.74, 6) is 2.21. The van der Waals surface area contributed by atoms with E-state index in [1.807, 2.05) is 52.9 Å². The third kappa shape index (κ3) is 4.27. The van der Waals surface area contributed by atoms with Crippen molar-refractivity contribution in [2.45, 2.75) is 23.9 Å². The van der Waals surface area contributed by atoms with Crippen LogP contribution in [0, 0.1) is 0 Å². The van der Waals surface area contributed by atoms with E-state index < -0.39 is 0 Å². The highest BCUT2D eigenvalue weighted by atomic mass is 35.5. The van der Waals surface area contributed by atoms with Gasteiger partial charge in [0.1, 0.15) is 0 Å². The highest BCUT2D eigenvalue weighted by Gasteiger charge is 2.17. The van der Waals surface area contributed by atoms with E-state index in [0.717, 1.165) is 11.1 Å². The Balaban J connectivity index is 1.47. The van der Waals surface area contributed by atoms with Gasteiger partial charge in [-0.1, -0.05) is 35.5 Å². The number of hydrogen-bond acceptors (Lipinski definition) is 7. The average molecular weight is 482 g/mol. The Morgan fingerprint density at radius 2 is 1.94 bits per heavy atom. The van der Waals surface area contributed by atoms with Crippen LogP contribution in [0.2, 0.25) is 5.02 Å². The number of rotatable bonds is 8. The van der Waals surface area contributed by atoms with Crippen molar-refractivity contribution in [2.24, 2.45) is 0 Å². The van der Waals surface area contributed by atoms with E-state index in [4.69, 9.17) is 20.8 Å². The van der Waals surface area contributed by atoms with Gasteiger partial charge >= 0.3 is 0 Å². The van der Waals surface area contributed by atoms with Crippen molar-refractivity contribution in [3.8, 4) is 11.3 Å². The fourth-order valence-electron chi connectivity index (χ4n) is 3.65. The normalized spacial score (nSPS) is 11.6. The molecule has 33 heavy (non-hydrogen) atoms. The number of aromatic nitrogens is 5. The molecule has 2 aromatic carbocycles. The second-order valence-corrected chi connectivity index (χ2v) is 8.73. The number of halogens is 1. The zero-order valence-corrected chi connectivity index (χ0v) is 19.3. The lowest BCUT2D eigenvalue weighted by Gasteiger charge is -2.10. The molecule has 3 aromatic heterocycles. The molecule has 0 radical (unpaired) electrons. The molecule has 3 heterocycles. The largest absolute Gasteiger partial charge is 0.440 e. The van der Waals surface area contributed by atoms with Crippen LogP contribution in [0.1, 0.15) is 12.3 Å². The lowest BCUT2D eigenvalue weighted by atomic mass is 10.2. The Bertz CT molecular complexity index is 1480. The van der Waals surface area contributed by atoms with E-state index in [1.54, 1.807) is 17.9 Å². The van der Waals surface area contributed by atoms with Crippen LogP contribution in [-0.2, 0) is 17.0 Å². The lowest BCUT2D eigenvalue weighted by molar-refractivity contribution is 0.190. The molecule has 0 aliphatic heterocycles. The Labute approximate surface area is 198 Å². The molecular formula is C23H20ClN5O3S. The number of hydrogen-bond donors (Lipinski definition) is 0. The Kier molecular flexibility index (Phi) is 6.17. The van der Waals surface area contributed by atoms with Gasteiger partial charge in [-0.2, -0.15) is 0 Å². The van der Waals surface area contributed by atoms with E-state index in [-0.39, 0.29) is 5.56 Å². The van der Waals surface area contributed by atoms with Crippen molar-refractivity contribution in [1.29, 1.82) is 0 Å². The minimum Gasteiger partial charge on any atom is -0.440 e. The molecule has 0 aliphatic rings. The first-order valence-electron chi connectivity index (χ1n) is 10.3. The smallest absolute Gasteiger partial charge is 0.262 e. The van der Waals surface area contributed by atoms with Crippen molar-refractivity contribution in [1.82, 2.24) is 24.1 Å². The van der Waals surface area contributed by atoms with Gasteiger partial charge in [-0.05, 0) is 42.8 Å². The van der Waals surface area contributed by atoms with E-state index in [2.05, 4.69) is 15.2 Å². The molecule has 5 aromatic rings. The van der Waals surface area contributed by atoms with Crippen LogP contribution in [0.25, 0.3) is 28.0 Å². The summed E-state index contributed by atoms with van der Waals surface area (Å²) >= 11 is 7.41. The molecule has 0 spiro atoms. The predicted molar refractivity (Wildman–Crippen MR) is 128 cm³/mol. The summed E-state index contributed by atoms with van der Waals surface area (Å²) in [4.78, 5) is 17.5. The Morgan fingerprint density at radius 3 is 2.76 bits per heavy atom. The number of fused-ring (bicyclic) bond motifs is 3. The molecule has 0 aliphatic carbocycles. The number of para-hydroxylation sites is 1. The third-order valence-electron chi connectivity index (χ3n) is 5.22. The first-order valence-corrected chi connectivity index (χ1v) is 11.7. The van der Waals surface area contributed by atoms with Crippen LogP contribution in [0.3, 0.4) is 0 Å². The number of nitrogens with zero attached hydrogens (tertiary/aromatic N) is 5. The van der Waals surface area contributed by atoms with Crippen molar-refractivity contribution >= 4 is 40.0 Å². The number of oxazole rings is 1. The summed E-state index contributed by atoms with van der Waals surface area (Å²) in [6.07, 6.45) is 2.40. The van der Waals surface area contributed by atoms with Gasteiger partial charge in [0.25, 0.3) is 5.56 Å². The van der Waals surface area contributed by atoms with Crippen LogP contribution in [0.15, 0.2) is 69.1 Å². The van der Waals surface area contributed by atoms with Gasteiger partial charge in [0, 0.05) is 30.8 Å². The number of ether oxygens (including phenoxy) is 1. The zero-order chi connectivity index (χ0) is 22.8. The van der Waals surface area contributed by atoms with Crippen molar-refractivity contribution in [2.75, 3.05) is 13.7 Å². The first-order chi connectivity index (χ1) is 16.2. The molecule has 5 rings (SSSR count). The maximum absolute atomic E-state index is 13.1. The van der Waals surface area contributed by atoms with Gasteiger partial charge < -0.3 is 9.15 Å². The summed E-state index contributed by atoms with van der Waals surface area (Å²) in [6, 6.07) is 14.9. The maximum Gasteiger partial charge on any atom is 0.262 e. The summed E-state index contributed by atoms with van der Waals surface area (Å²) < 4.78 is 14.6. The second-order valence-electron chi connectivity index (χ2n) is 7.35. The molecule has 0 unspecified atom stereocenters. The summed E-state index contributed by atoms with van der Waals surface area (Å²) in [5.41, 5.74) is 1.59. The maximum atomic E-state index is 13.1. The highest BCUT2D eigenvalue weighted by Crippen LogP contribution is 2.27. The van der Waals surface area contributed by atoms with E-state index >= 15 is 0 Å². The molecule has 0 saturated carbocycles. The van der Waals surface area contributed by atoms with E-state index in [1.165, 1.54) is 11.8 Å². The van der Waals surface area contributed by atoms with Crippen molar-refractivity contribution in [3.05, 3.63) is 76.0 Å². The van der Waals surface area contributed by atoms with Crippen LogP contribution >= 0.6 is 23.4 Å². The van der Waals surface area contributed by atoms with Gasteiger partial charge in [-0.25, -0.2) is 4.98 Å². The predicted octanol–water partition coefficient (Wildman–Crippen LogP) is 4.68. The first kappa shape index (κ1) is 21.7. The molecule has 0 bridgehead atoms. The number of aryl methyl sites for hydroxylation is 1. The highest BCUT2D eigenvalue weighted by molar-refractivity contribution is 7.98. The van der Waals surface area contributed by atoms with Crippen LogP contribution < -0.4 is 5.56 Å². The molecule has 0 saturated heterocycles. The molecule has 0 amide bonds. The molecule has 0 atom stereocenters. The number of thioether (sulfide) groups is 1. The Morgan fingerprint density at radius 1 is 1.12 bits per heavy atom. The fourth-order valence-corrected chi connectivity index (χ4v) is 4.57. The topological polar surface area (TPSA) is 87.5 Å². The molecule has 0 fully saturated rings. The quantitative estimate of drug-likeness (QED) is 0.235. The molecular weight excluding hydrogens is 462 g/mol. The molecule has 8 nitrogen and oxygen atoms in total. The van der Waals surface area contributed by atoms with Crippen molar-refractivity contribution < 1.29 is 9.15 Å². The van der Waals surface area contributed by atoms with E-state index in [9.17, 15) is 4.79 Å². The number of benzene rings is 2.